The Balaban J connectivity index is 1.98. The van der Waals surface area contributed by atoms with Crippen molar-refractivity contribution in [1.29, 1.82) is 0 Å². The Hall–Kier alpha value is -2.75. The molecule has 98 valence electrons. The summed E-state index contributed by atoms with van der Waals surface area (Å²) >= 11 is 0. The molecule has 2 aromatic heterocycles. The SMILES string of the molecule is Cc1ccccc1-c1ccc(-c2ccnc(N)n2)cn1. The van der Waals surface area contributed by atoms with Crippen LogP contribution in [0.1, 0.15) is 5.56 Å². The minimum Gasteiger partial charge on any atom is -0.368 e. The van der Waals surface area contributed by atoms with Gasteiger partial charge in [0, 0.05) is 23.5 Å². The van der Waals surface area contributed by atoms with Crippen LogP contribution in [-0.4, -0.2) is 15.0 Å². The number of nitrogen functional groups attached to an aromatic ring is 1. The summed E-state index contributed by atoms with van der Waals surface area (Å²) in [7, 11) is 0. The molecular weight excluding hydrogens is 248 g/mol. The second-order valence-corrected chi connectivity index (χ2v) is 4.55. The van der Waals surface area contributed by atoms with E-state index in [1.54, 1.807) is 6.20 Å². The van der Waals surface area contributed by atoms with Crippen molar-refractivity contribution in [2.24, 2.45) is 0 Å². The first-order chi connectivity index (χ1) is 9.74. The maximum Gasteiger partial charge on any atom is 0.220 e. The van der Waals surface area contributed by atoms with Crippen LogP contribution in [0.25, 0.3) is 22.5 Å². The van der Waals surface area contributed by atoms with Crippen LogP contribution in [0.4, 0.5) is 5.95 Å². The van der Waals surface area contributed by atoms with E-state index in [0.29, 0.717) is 0 Å². The molecule has 0 amide bonds. The molecule has 0 atom stereocenters. The van der Waals surface area contributed by atoms with Crippen LogP contribution in [-0.2, 0) is 0 Å². The van der Waals surface area contributed by atoms with Crippen molar-refractivity contribution in [1.82, 2.24) is 15.0 Å². The first-order valence-corrected chi connectivity index (χ1v) is 6.35. The van der Waals surface area contributed by atoms with Crippen LogP contribution in [0.5, 0.6) is 0 Å². The summed E-state index contributed by atoms with van der Waals surface area (Å²) in [5.74, 6) is 0.269. The molecule has 20 heavy (non-hydrogen) atoms. The van der Waals surface area contributed by atoms with E-state index in [4.69, 9.17) is 5.73 Å². The van der Waals surface area contributed by atoms with Crippen LogP contribution in [0, 0.1) is 6.92 Å². The van der Waals surface area contributed by atoms with Gasteiger partial charge in [-0.2, -0.15) is 0 Å². The zero-order valence-corrected chi connectivity index (χ0v) is 11.1. The number of aryl methyl sites for hydroxylation is 1. The van der Waals surface area contributed by atoms with E-state index in [2.05, 4.69) is 34.0 Å². The fourth-order valence-electron chi connectivity index (χ4n) is 2.10. The van der Waals surface area contributed by atoms with Crippen molar-refractivity contribution in [3.8, 4) is 22.5 Å². The average molecular weight is 262 g/mol. The molecule has 1 aromatic carbocycles. The van der Waals surface area contributed by atoms with Gasteiger partial charge in [-0.1, -0.05) is 24.3 Å². The molecule has 3 aromatic rings. The van der Waals surface area contributed by atoms with Gasteiger partial charge < -0.3 is 5.73 Å². The Morgan fingerprint density at radius 3 is 2.45 bits per heavy atom. The largest absolute Gasteiger partial charge is 0.368 e. The predicted molar refractivity (Wildman–Crippen MR) is 79.8 cm³/mol. The second kappa shape index (κ2) is 5.09. The number of nitrogens with two attached hydrogens (primary N) is 1. The molecule has 2 heterocycles. The molecule has 0 unspecified atom stereocenters. The summed E-state index contributed by atoms with van der Waals surface area (Å²) < 4.78 is 0. The van der Waals surface area contributed by atoms with Gasteiger partial charge in [0.25, 0.3) is 0 Å². The highest BCUT2D eigenvalue weighted by Crippen LogP contribution is 2.23. The van der Waals surface area contributed by atoms with E-state index >= 15 is 0 Å². The molecule has 0 aliphatic heterocycles. The van der Waals surface area contributed by atoms with Gasteiger partial charge in [-0.25, -0.2) is 9.97 Å². The smallest absolute Gasteiger partial charge is 0.220 e. The third kappa shape index (κ3) is 2.36. The Morgan fingerprint density at radius 2 is 1.75 bits per heavy atom. The number of aromatic nitrogens is 3. The summed E-state index contributed by atoms with van der Waals surface area (Å²) in [4.78, 5) is 12.6. The highest BCUT2D eigenvalue weighted by atomic mass is 15.0. The maximum absolute atomic E-state index is 5.59. The average Bonchev–Trinajstić information content (AvgIpc) is 2.48. The number of pyridine rings is 1. The number of anilines is 1. The van der Waals surface area contributed by atoms with Crippen molar-refractivity contribution in [3.05, 3.63) is 60.4 Å². The first kappa shape index (κ1) is 12.3. The van der Waals surface area contributed by atoms with Crippen LogP contribution < -0.4 is 5.73 Å². The number of rotatable bonds is 2. The van der Waals surface area contributed by atoms with Gasteiger partial charge >= 0.3 is 0 Å². The van der Waals surface area contributed by atoms with Crippen molar-refractivity contribution < 1.29 is 0 Å². The van der Waals surface area contributed by atoms with Gasteiger partial charge in [0.2, 0.25) is 5.95 Å². The number of benzene rings is 1. The highest BCUT2D eigenvalue weighted by molar-refractivity contribution is 5.67. The topological polar surface area (TPSA) is 64.7 Å². The van der Waals surface area contributed by atoms with Gasteiger partial charge in [-0.05, 0) is 30.7 Å². The fraction of sp³-hybridized carbons (Fsp3) is 0.0625. The lowest BCUT2D eigenvalue weighted by molar-refractivity contribution is 1.18. The Bertz CT molecular complexity index is 735. The molecule has 4 heteroatoms. The molecule has 3 rings (SSSR count). The van der Waals surface area contributed by atoms with Crippen molar-refractivity contribution in [2.45, 2.75) is 6.92 Å². The van der Waals surface area contributed by atoms with Crippen LogP contribution in [0.15, 0.2) is 54.9 Å². The molecule has 4 nitrogen and oxygen atoms in total. The minimum atomic E-state index is 0.269. The maximum atomic E-state index is 5.59. The predicted octanol–water partition coefficient (Wildman–Crippen LogP) is 3.10. The normalized spacial score (nSPS) is 10.4. The summed E-state index contributed by atoms with van der Waals surface area (Å²) in [6.45, 7) is 2.08. The van der Waals surface area contributed by atoms with E-state index in [1.807, 2.05) is 36.5 Å². The molecule has 2 N–H and O–H groups in total. The number of nitrogens with zero attached hydrogens (tertiary/aromatic N) is 3. The zero-order chi connectivity index (χ0) is 13.9. The molecular formula is C16H14N4. The standard InChI is InChI=1S/C16H14N4/c1-11-4-2-3-5-13(11)15-7-6-12(10-19-15)14-8-9-18-16(17)20-14/h2-10H,1H3,(H2,17,18,20). The fourth-order valence-corrected chi connectivity index (χ4v) is 2.10. The lowest BCUT2D eigenvalue weighted by atomic mass is 10.0. The third-order valence-corrected chi connectivity index (χ3v) is 3.15. The molecule has 0 fully saturated rings. The monoisotopic (exact) mass is 262 g/mol. The Morgan fingerprint density at radius 1 is 0.900 bits per heavy atom. The zero-order valence-electron chi connectivity index (χ0n) is 11.1. The van der Waals surface area contributed by atoms with E-state index in [-0.39, 0.29) is 5.95 Å². The third-order valence-electron chi connectivity index (χ3n) is 3.15. The molecule has 0 saturated carbocycles. The summed E-state index contributed by atoms with van der Waals surface area (Å²) in [5, 5.41) is 0. The molecule has 0 aliphatic rings. The van der Waals surface area contributed by atoms with Gasteiger partial charge in [0.1, 0.15) is 0 Å². The molecule has 0 radical (unpaired) electrons. The van der Waals surface area contributed by atoms with Gasteiger partial charge in [0.15, 0.2) is 0 Å². The quantitative estimate of drug-likeness (QED) is 0.770. The summed E-state index contributed by atoms with van der Waals surface area (Å²) in [5.41, 5.74) is 10.6. The van der Waals surface area contributed by atoms with E-state index in [9.17, 15) is 0 Å². The van der Waals surface area contributed by atoms with Crippen molar-refractivity contribution in [2.75, 3.05) is 5.73 Å². The van der Waals surface area contributed by atoms with Crippen LogP contribution in [0.2, 0.25) is 0 Å². The van der Waals surface area contributed by atoms with Gasteiger partial charge in [-0.3, -0.25) is 4.98 Å². The van der Waals surface area contributed by atoms with E-state index in [1.165, 1.54) is 5.56 Å². The Labute approximate surface area is 117 Å². The lowest BCUT2D eigenvalue weighted by Crippen LogP contribution is -1.95. The highest BCUT2D eigenvalue weighted by Gasteiger charge is 2.04. The van der Waals surface area contributed by atoms with Crippen molar-refractivity contribution in [3.63, 3.8) is 0 Å². The van der Waals surface area contributed by atoms with Gasteiger partial charge in [0.05, 0.1) is 11.4 Å². The van der Waals surface area contributed by atoms with Crippen molar-refractivity contribution >= 4 is 5.95 Å². The molecule has 0 saturated heterocycles. The Kier molecular flexibility index (Phi) is 3.13. The van der Waals surface area contributed by atoms with E-state index in [0.717, 1.165) is 22.5 Å². The molecule has 0 spiro atoms. The first-order valence-electron chi connectivity index (χ1n) is 6.35. The van der Waals surface area contributed by atoms with E-state index < -0.39 is 0 Å². The van der Waals surface area contributed by atoms with Crippen LogP contribution in [0.3, 0.4) is 0 Å². The molecule has 0 aliphatic carbocycles. The minimum absolute atomic E-state index is 0.269. The summed E-state index contributed by atoms with van der Waals surface area (Å²) in [6, 6.07) is 14.0. The van der Waals surface area contributed by atoms with Gasteiger partial charge in [-0.15, -0.1) is 0 Å². The number of hydrogen-bond acceptors (Lipinski definition) is 4. The number of hydrogen-bond donors (Lipinski definition) is 1. The summed E-state index contributed by atoms with van der Waals surface area (Å²) in [6.07, 6.45) is 3.45. The van der Waals surface area contributed by atoms with Crippen LogP contribution >= 0.6 is 0 Å². The molecule has 0 bridgehead atoms. The lowest BCUT2D eigenvalue weighted by Gasteiger charge is -2.06. The second-order valence-electron chi connectivity index (χ2n) is 4.55.